The first kappa shape index (κ1) is 15.8. The van der Waals surface area contributed by atoms with Crippen molar-refractivity contribution in [1.29, 1.82) is 0 Å². The van der Waals surface area contributed by atoms with Gasteiger partial charge in [0.25, 0.3) is 0 Å². The summed E-state index contributed by atoms with van der Waals surface area (Å²) >= 11 is 0. The number of methoxy groups -OCH3 is 1. The second-order valence-electron chi connectivity index (χ2n) is 6.12. The lowest BCUT2D eigenvalue weighted by molar-refractivity contribution is -0.146. The van der Waals surface area contributed by atoms with E-state index in [9.17, 15) is 9.59 Å². The summed E-state index contributed by atoms with van der Waals surface area (Å²) < 4.78 is 10.2. The quantitative estimate of drug-likeness (QED) is 0.724. The minimum absolute atomic E-state index is 0.0268. The normalized spacial score (nSPS) is 27.3. The van der Waals surface area contributed by atoms with Crippen molar-refractivity contribution in [2.75, 3.05) is 7.11 Å². The number of carbonyl (C=O) groups excluding carboxylic acids is 2. The molecule has 5 nitrogen and oxygen atoms in total. The fourth-order valence-corrected chi connectivity index (χ4v) is 2.65. The van der Waals surface area contributed by atoms with Crippen LogP contribution in [0.4, 0.5) is 4.79 Å². The van der Waals surface area contributed by atoms with Crippen LogP contribution in [0.5, 0.6) is 0 Å². The zero-order chi connectivity index (χ0) is 14.8. The van der Waals surface area contributed by atoms with Gasteiger partial charge in [-0.2, -0.15) is 0 Å². The van der Waals surface area contributed by atoms with E-state index in [-0.39, 0.29) is 17.9 Å². The molecule has 0 aromatic carbocycles. The van der Waals surface area contributed by atoms with E-state index in [4.69, 9.17) is 9.47 Å². The maximum atomic E-state index is 12.3. The molecule has 19 heavy (non-hydrogen) atoms. The van der Waals surface area contributed by atoms with Gasteiger partial charge in [0, 0.05) is 6.04 Å². The molecule has 1 heterocycles. The maximum absolute atomic E-state index is 12.3. The molecule has 0 aromatic rings. The highest BCUT2D eigenvalue weighted by Crippen LogP contribution is 2.33. The molecule has 0 aliphatic carbocycles. The summed E-state index contributed by atoms with van der Waals surface area (Å²) in [7, 11) is 1.35. The van der Waals surface area contributed by atoms with Crippen LogP contribution in [-0.4, -0.2) is 41.8 Å². The molecule has 110 valence electrons. The van der Waals surface area contributed by atoms with Gasteiger partial charge in [-0.3, -0.25) is 4.90 Å². The van der Waals surface area contributed by atoms with Gasteiger partial charge in [-0.15, -0.1) is 0 Å². The molecule has 1 aliphatic heterocycles. The monoisotopic (exact) mass is 271 g/mol. The van der Waals surface area contributed by atoms with Crippen LogP contribution in [0.1, 0.15) is 47.5 Å². The lowest BCUT2D eigenvalue weighted by Gasteiger charge is -2.31. The number of rotatable bonds is 2. The Hall–Kier alpha value is -1.26. The van der Waals surface area contributed by atoms with Crippen molar-refractivity contribution in [3.05, 3.63) is 0 Å². The summed E-state index contributed by atoms with van der Waals surface area (Å²) in [5, 5.41) is 0. The molecule has 1 aliphatic rings. The Kier molecular flexibility index (Phi) is 4.82. The molecular weight excluding hydrogens is 246 g/mol. The zero-order valence-electron chi connectivity index (χ0n) is 12.7. The molecule has 3 atom stereocenters. The first-order chi connectivity index (χ1) is 8.71. The third-order valence-corrected chi connectivity index (χ3v) is 3.44. The molecule has 0 radical (unpaired) electrons. The number of nitrogens with zero attached hydrogens (tertiary/aromatic N) is 1. The Morgan fingerprint density at radius 2 is 1.89 bits per heavy atom. The van der Waals surface area contributed by atoms with Crippen molar-refractivity contribution in [2.45, 2.75) is 65.1 Å². The molecule has 0 N–H and O–H groups in total. The molecule has 0 aromatic heterocycles. The molecule has 0 unspecified atom stereocenters. The maximum Gasteiger partial charge on any atom is 0.411 e. The largest absolute Gasteiger partial charge is 0.467 e. The highest BCUT2D eigenvalue weighted by atomic mass is 16.6. The number of likely N-dealkylation sites (tertiary alicyclic amines) is 1. The first-order valence-electron chi connectivity index (χ1n) is 6.80. The van der Waals surface area contributed by atoms with Crippen LogP contribution >= 0.6 is 0 Å². The number of ether oxygens (including phenoxy) is 2. The van der Waals surface area contributed by atoms with E-state index in [1.807, 2.05) is 27.7 Å². The Balaban J connectivity index is 2.95. The van der Waals surface area contributed by atoms with Crippen molar-refractivity contribution in [3.8, 4) is 0 Å². The SMILES string of the molecule is CC[C@@H]1[C@H](C)C[C@@H](C(=O)OC)N1C(=O)OC(C)(C)C. The third kappa shape index (κ3) is 3.61. The highest BCUT2D eigenvalue weighted by molar-refractivity contribution is 5.82. The summed E-state index contributed by atoms with van der Waals surface area (Å²) in [5.74, 6) is -0.102. The number of amides is 1. The lowest BCUT2D eigenvalue weighted by Crippen LogP contribution is -2.47. The Bertz CT molecular complexity index is 348. The van der Waals surface area contributed by atoms with Crippen LogP contribution in [0, 0.1) is 5.92 Å². The van der Waals surface area contributed by atoms with E-state index in [2.05, 4.69) is 6.92 Å². The van der Waals surface area contributed by atoms with E-state index >= 15 is 0 Å². The van der Waals surface area contributed by atoms with Crippen LogP contribution in [0.3, 0.4) is 0 Å². The molecule has 0 spiro atoms. The third-order valence-electron chi connectivity index (χ3n) is 3.44. The van der Waals surface area contributed by atoms with E-state index < -0.39 is 17.7 Å². The summed E-state index contributed by atoms with van der Waals surface area (Å²) in [6.07, 6.45) is 0.998. The van der Waals surface area contributed by atoms with Crippen molar-refractivity contribution in [2.24, 2.45) is 5.92 Å². The Morgan fingerprint density at radius 1 is 1.32 bits per heavy atom. The average molecular weight is 271 g/mol. The van der Waals surface area contributed by atoms with E-state index in [1.54, 1.807) is 4.90 Å². The van der Waals surface area contributed by atoms with Crippen molar-refractivity contribution in [1.82, 2.24) is 4.90 Å². The molecule has 1 amide bonds. The molecular formula is C14H25NO4. The molecule has 1 saturated heterocycles. The minimum atomic E-state index is -0.568. The van der Waals surface area contributed by atoms with Crippen LogP contribution in [-0.2, 0) is 14.3 Å². The first-order valence-corrected chi connectivity index (χ1v) is 6.80. The van der Waals surface area contributed by atoms with Gasteiger partial charge < -0.3 is 9.47 Å². The average Bonchev–Trinajstić information content (AvgIpc) is 2.62. The summed E-state index contributed by atoms with van der Waals surface area (Å²) in [6, 6.07) is -0.501. The fraction of sp³-hybridized carbons (Fsp3) is 0.857. The molecule has 0 bridgehead atoms. The van der Waals surface area contributed by atoms with Gasteiger partial charge >= 0.3 is 12.1 Å². The molecule has 1 rings (SSSR count). The molecule has 0 saturated carbocycles. The zero-order valence-corrected chi connectivity index (χ0v) is 12.7. The number of hydrogen-bond donors (Lipinski definition) is 0. The van der Waals surface area contributed by atoms with Gasteiger partial charge in [0.05, 0.1) is 7.11 Å². The van der Waals surface area contributed by atoms with Crippen molar-refractivity contribution >= 4 is 12.1 Å². The van der Waals surface area contributed by atoms with Gasteiger partial charge in [-0.05, 0) is 39.5 Å². The fourth-order valence-electron chi connectivity index (χ4n) is 2.65. The van der Waals surface area contributed by atoms with Crippen LogP contribution in [0.15, 0.2) is 0 Å². The number of esters is 1. The molecule has 5 heteroatoms. The van der Waals surface area contributed by atoms with Gasteiger partial charge in [0.15, 0.2) is 0 Å². The predicted molar refractivity (Wildman–Crippen MR) is 71.7 cm³/mol. The van der Waals surface area contributed by atoms with E-state index in [0.29, 0.717) is 6.42 Å². The van der Waals surface area contributed by atoms with E-state index in [0.717, 1.165) is 6.42 Å². The second-order valence-corrected chi connectivity index (χ2v) is 6.12. The second kappa shape index (κ2) is 5.80. The van der Waals surface area contributed by atoms with Crippen LogP contribution < -0.4 is 0 Å². The van der Waals surface area contributed by atoms with E-state index in [1.165, 1.54) is 7.11 Å². The summed E-state index contributed by atoms with van der Waals surface area (Å²) in [5.41, 5.74) is -0.568. The summed E-state index contributed by atoms with van der Waals surface area (Å²) in [6.45, 7) is 9.52. The van der Waals surface area contributed by atoms with Crippen LogP contribution in [0.25, 0.3) is 0 Å². The smallest absolute Gasteiger partial charge is 0.411 e. The number of carbonyl (C=O) groups is 2. The van der Waals surface area contributed by atoms with Crippen LogP contribution in [0.2, 0.25) is 0 Å². The Morgan fingerprint density at radius 3 is 2.32 bits per heavy atom. The van der Waals surface area contributed by atoms with Gasteiger partial charge in [0.2, 0.25) is 0 Å². The summed E-state index contributed by atoms with van der Waals surface area (Å²) in [4.78, 5) is 25.7. The minimum Gasteiger partial charge on any atom is -0.467 e. The van der Waals surface area contributed by atoms with Gasteiger partial charge in [-0.1, -0.05) is 13.8 Å². The lowest BCUT2D eigenvalue weighted by atomic mass is 10.00. The highest BCUT2D eigenvalue weighted by Gasteiger charge is 2.46. The Labute approximate surface area is 115 Å². The predicted octanol–water partition coefficient (Wildman–Crippen LogP) is 2.58. The van der Waals surface area contributed by atoms with Crippen molar-refractivity contribution in [3.63, 3.8) is 0 Å². The molecule has 1 fully saturated rings. The topological polar surface area (TPSA) is 55.8 Å². The number of hydrogen-bond acceptors (Lipinski definition) is 4. The van der Waals surface area contributed by atoms with Gasteiger partial charge in [0.1, 0.15) is 11.6 Å². The standard InChI is InChI=1S/C14H25NO4/c1-7-10-9(2)8-11(12(16)18-6)15(10)13(17)19-14(3,4)5/h9-11H,7-8H2,1-6H3/t9-,10-,11+/m1/s1. The van der Waals surface area contributed by atoms with Gasteiger partial charge in [-0.25, -0.2) is 9.59 Å². The van der Waals surface area contributed by atoms with Crippen molar-refractivity contribution < 1.29 is 19.1 Å².